The Labute approximate surface area is 149 Å². The Kier molecular flexibility index (Phi) is 12.8. The molecule has 0 amide bonds. The lowest BCUT2D eigenvalue weighted by atomic mass is 10.0. The van der Waals surface area contributed by atoms with Gasteiger partial charge in [-0.3, -0.25) is 0 Å². The first-order chi connectivity index (χ1) is 11.8. The summed E-state index contributed by atoms with van der Waals surface area (Å²) in [5, 5.41) is 9.93. The van der Waals surface area contributed by atoms with E-state index in [9.17, 15) is 5.11 Å². The Bertz CT molecular complexity index is 359. The quantitative estimate of drug-likeness (QED) is 0.210. The Balaban J connectivity index is 1.86. The molecule has 1 aliphatic heterocycles. The molecule has 1 saturated heterocycles. The monoisotopic (exact) mass is 334 g/mol. The van der Waals surface area contributed by atoms with E-state index < -0.39 is 0 Å². The molecule has 0 aromatic rings. The maximum Gasteiger partial charge on any atom is 0.0842 e. The van der Waals surface area contributed by atoms with Gasteiger partial charge in [-0.15, -0.1) is 0 Å². The molecular formula is C22H38O2. The molecule has 0 saturated carbocycles. The molecule has 3 unspecified atom stereocenters. The number of hydrogen-bond donors (Lipinski definition) is 1. The minimum Gasteiger partial charge on any atom is -0.393 e. The van der Waals surface area contributed by atoms with Crippen LogP contribution in [0.2, 0.25) is 0 Å². The topological polar surface area (TPSA) is 32.8 Å². The number of allylic oxidation sites excluding steroid dienone is 5. The van der Waals surface area contributed by atoms with E-state index in [2.05, 4.69) is 25.7 Å². The van der Waals surface area contributed by atoms with Gasteiger partial charge in [0.15, 0.2) is 0 Å². The summed E-state index contributed by atoms with van der Waals surface area (Å²) >= 11 is 0. The Morgan fingerprint density at radius 1 is 0.917 bits per heavy atom. The van der Waals surface area contributed by atoms with E-state index in [0.29, 0.717) is 12.2 Å². The standard InChI is InChI=1S/C22H38O2/c1-3-5-7-8-9-10-11-12-13-15-17-21-22(24-21)19-18-20(23)16-14-6-4-2/h3,5,7-9,20-23H,1,4,6,10-19H2,2H3. The summed E-state index contributed by atoms with van der Waals surface area (Å²) in [6, 6.07) is 0. The smallest absolute Gasteiger partial charge is 0.0842 e. The Morgan fingerprint density at radius 3 is 2.50 bits per heavy atom. The largest absolute Gasteiger partial charge is 0.393 e. The molecule has 138 valence electrons. The van der Waals surface area contributed by atoms with E-state index >= 15 is 0 Å². The summed E-state index contributed by atoms with van der Waals surface area (Å²) in [4.78, 5) is 0. The van der Waals surface area contributed by atoms with Crippen LogP contribution in [0.15, 0.2) is 37.0 Å². The molecule has 0 bridgehead atoms. The van der Waals surface area contributed by atoms with Crippen LogP contribution < -0.4 is 0 Å². The molecular weight excluding hydrogens is 296 g/mol. The van der Waals surface area contributed by atoms with Gasteiger partial charge >= 0.3 is 0 Å². The van der Waals surface area contributed by atoms with Crippen LogP contribution in [-0.2, 0) is 4.74 Å². The Hall–Kier alpha value is -0.860. The van der Waals surface area contributed by atoms with Crippen molar-refractivity contribution in [1.82, 2.24) is 0 Å². The molecule has 24 heavy (non-hydrogen) atoms. The first kappa shape index (κ1) is 21.2. The first-order valence-corrected chi connectivity index (χ1v) is 10.1. The average molecular weight is 335 g/mol. The third kappa shape index (κ3) is 11.6. The number of aliphatic hydroxyl groups excluding tert-OH is 1. The molecule has 1 aliphatic rings. The molecule has 1 heterocycles. The molecule has 1 fully saturated rings. The van der Waals surface area contributed by atoms with Crippen molar-refractivity contribution in [2.75, 3.05) is 0 Å². The zero-order chi connectivity index (χ0) is 17.5. The third-order valence-corrected chi connectivity index (χ3v) is 4.72. The number of hydrogen-bond acceptors (Lipinski definition) is 2. The summed E-state index contributed by atoms with van der Waals surface area (Å²) in [6.45, 7) is 5.85. The second-order valence-corrected chi connectivity index (χ2v) is 6.98. The van der Waals surface area contributed by atoms with E-state index in [1.54, 1.807) is 6.08 Å². The van der Waals surface area contributed by atoms with Crippen molar-refractivity contribution in [3.8, 4) is 0 Å². The van der Waals surface area contributed by atoms with E-state index in [1.165, 1.54) is 51.4 Å². The van der Waals surface area contributed by atoms with E-state index in [-0.39, 0.29) is 6.10 Å². The summed E-state index contributed by atoms with van der Waals surface area (Å²) < 4.78 is 5.74. The maximum absolute atomic E-state index is 9.93. The van der Waals surface area contributed by atoms with Gasteiger partial charge in [0.25, 0.3) is 0 Å². The fourth-order valence-electron chi connectivity index (χ4n) is 3.10. The van der Waals surface area contributed by atoms with Crippen LogP contribution in [0.25, 0.3) is 0 Å². The van der Waals surface area contributed by atoms with Crippen LogP contribution in [0.3, 0.4) is 0 Å². The highest BCUT2D eigenvalue weighted by atomic mass is 16.6. The number of unbranched alkanes of at least 4 members (excludes halogenated alkanes) is 6. The van der Waals surface area contributed by atoms with Crippen molar-refractivity contribution in [1.29, 1.82) is 0 Å². The molecule has 0 radical (unpaired) electrons. The molecule has 2 nitrogen and oxygen atoms in total. The van der Waals surface area contributed by atoms with E-state index in [1.807, 2.05) is 12.2 Å². The highest BCUT2D eigenvalue weighted by Crippen LogP contribution is 2.31. The maximum atomic E-state index is 9.93. The lowest BCUT2D eigenvalue weighted by Gasteiger charge is -2.08. The van der Waals surface area contributed by atoms with Gasteiger partial charge in [0.05, 0.1) is 18.3 Å². The summed E-state index contributed by atoms with van der Waals surface area (Å²) in [6.07, 6.45) is 25.0. The van der Waals surface area contributed by atoms with Crippen LogP contribution in [-0.4, -0.2) is 23.4 Å². The minimum absolute atomic E-state index is 0.115. The van der Waals surface area contributed by atoms with Crippen molar-refractivity contribution in [2.24, 2.45) is 0 Å². The summed E-state index contributed by atoms with van der Waals surface area (Å²) in [5.41, 5.74) is 0. The van der Waals surface area contributed by atoms with Crippen LogP contribution >= 0.6 is 0 Å². The van der Waals surface area contributed by atoms with Gasteiger partial charge < -0.3 is 9.84 Å². The molecule has 0 aromatic heterocycles. The highest BCUT2D eigenvalue weighted by molar-refractivity contribution is 5.08. The lowest BCUT2D eigenvalue weighted by Crippen LogP contribution is -2.08. The zero-order valence-electron chi connectivity index (χ0n) is 15.7. The van der Waals surface area contributed by atoms with Gasteiger partial charge in [0, 0.05) is 0 Å². The molecule has 1 N–H and O–H groups in total. The normalized spacial score (nSPS) is 21.6. The van der Waals surface area contributed by atoms with Gasteiger partial charge in [-0.05, 0) is 38.5 Å². The predicted molar refractivity (Wildman–Crippen MR) is 104 cm³/mol. The second kappa shape index (κ2) is 14.5. The highest BCUT2D eigenvalue weighted by Gasteiger charge is 2.37. The van der Waals surface area contributed by atoms with Crippen molar-refractivity contribution in [3.05, 3.63) is 37.0 Å². The molecule has 0 spiro atoms. The van der Waals surface area contributed by atoms with Gasteiger partial charge in [-0.25, -0.2) is 0 Å². The van der Waals surface area contributed by atoms with Gasteiger partial charge in [-0.1, -0.05) is 82.4 Å². The molecule has 0 aliphatic carbocycles. The molecule has 0 aromatic carbocycles. The van der Waals surface area contributed by atoms with E-state index in [4.69, 9.17) is 4.74 Å². The van der Waals surface area contributed by atoms with Gasteiger partial charge in [0.1, 0.15) is 0 Å². The Morgan fingerprint density at radius 2 is 1.71 bits per heavy atom. The predicted octanol–water partition coefficient (Wildman–Crippen LogP) is 6.11. The van der Waals surface area contributed by atoms with Crippen molar-refractivity contribution >= 4 is 0 Å². The van der Waals surface area contributed by atoms with Crippen LogP contribution in [0, 0.1) is 0 Å². The molecule has 2 heteroatoms. The number of rotatable bonds is 16. The summed E-state index contributed by atoms with van der Waals surface area (Å²) in [7, 11) is 0. The lowest BCUT2D eigenvalue weighted by molar-refractivity contribution is 0.144. The zero-order valence-corrected chi connectivity index (χ0v) is 15.7. The second-order valence-electron chi connectivity index (χ2n) is 6.98. The van der Waals surface area contributed by atoms with Crippen molar-refractivity contribution in [2.45, 2.75) is 102 Å². The van der Waals surface area contributed by atoms with Crippen molar-refractivity contribution in [3.63, 3.8) is 0 Å². The van der Waals surface area contributed by atoms with Crippen molar-refractivity contribution < 1.29 is 9.84 Å². The van der Waals surface area contributed by atoms with Crippen LogP contribution in [0.1, 0.15) is 84.0 Å². The van der Waals surface area contributed by atoms with Crippen LogP contribution in [0.5, 0.6) is 0 Å². The minimum atomic E-state index is -0.115. The first-order valence-electron chi connectivity index (χ1n) is 10.1. The molecule has 3 atom stereocenters. The van der Waals surface area contributed by atoms with Gasteiger partial charge in [0.2, 0.25) is 0 Å². The number of aliphatic hydroxyl groups is 1. The third-order valence-electron chi connectivity index (χ3n) is 4.72. The summed E-state index contributed by atoms with van der Waals surface area (Å²) in [5.74, 6) is 0. The average Bonchev–Trinajstić information content (AvgIpc) is 3.33. The fraction of sp³-hybridized carbons (Fsp3) is 0.727. The van der Waals surface area contributed by atoms with Gasteiger partial charge in [-0.2, -0.15) is 0 Å². The molecule has 1 rings (SSSR count). The number of epoxide rings is 1. The van der Waals surface area contributed by atoms with E-state index in [0.717, 1.165) is 25.7 Å². The number of ether oxygens (including phenoxy) is 1. The fourth-order valence-corrected chi connectivity index (χ4v) is 3.10. The van der Waals surface area contributed by atoms with Crippen LogP contribution in [0.4, 0.5) is 0 Å². The SMILES string of the molecule is C=CC=CC=CCCCCCCC1OC1CCC(O)CCCCC.